The fourth-order valence-electron chi connectivity index (χ4n) is 2.78. The van der Waals surface area contributed by atoms with Crippen molar-refractivity contribution in [2.24, 2.45) is 0 Å². The van der Waals surface area contributed by atoms with Crippen LogP contribution in [-0.2, 0) is 6.42 Å². The molecule has 3 rings (SSSR count). The summed E-state index contributed by atoms with van der Waals surface area (Å²) in [6.07, 6.45) is 2.21. The van der Waals surface area contributed by atoms with Crippen LogP contribution in [0.5, 0.6) is 0 Å². The molecule has 2 aromatic rings. The minimum atomic E-state index is -0.569. The largest absolute Gasteiger partial charge is 0.378 e. The molecule has 24 heavy (non-hydrogen) atoms. The molecule has 1 aromatic carbocycles. The first-order chi connectivity index (χ1) is 11.6. The van der Waals surface area contributed by atoms with E-state index < -0.39 is 4.92 Å². The quantitative estimate of drug-likeness (QED) is 0.652. The van der Waals surface area contributed by atoms with Crippen molar-refractivity contribution < 1.29 is 4.92 Å². The van der Waals surface area contributed by atoms with Crippen LogP contribution in [0.3, 0.4) is 0 Å². The van der Waals surface area contributed by atoms with E-state index in [4.69, 9.17) is 5.73 Å². The SMILES string of the molecule is Nc1nc(N2CCN(CCc3ccccc3)CC2)ncc1[N+](=O)[O-]. The molecule has 8 nitrogen and oxygen atoms in total. The van der Waals surface area contributed by atoms with Crippen LogP contribution in [0.4, 0.5) is 17.5 Å². The smallest absolute Gasteiger partial charge is 0.329 e. The zero-order chi connectivity index (χ0) is 16.9. The number of rotatable bonds is 5. The van der Waals surface area contributed by atoms with Crippen LogP contribution in [-0.4, -0.2) is 52.5 Å². The van der Waals surface area contributed by atoms with E-state index in [-0.39, 0.29) is 11.5 Å². The topological polar surface area (TPSA) is 101 Å². The Bertz CT molecular complexity index is 701. The Morgan fingerprint density at radius 1 is 1.17 bits per heavy atom. The second kappa shape index (κ2) is 7.22. The molecule has 0 unspecified atom stereocenters. The predicted octanol–water partition coefficient (Wildman–Crippen LogP) is 1.33. The molecule has 0 radical (unpaired) electrons. The van der Waals surface area contributed by atoms with Gasteiger partial charge in [0.05, 0.1) is 4.92 Å². The highest BCUT2D eigenvalue weighted by Gasteiger charge is 2.21. The molecule has 1 fully saturated rings. The summed E-state index contributed by atoms with van der Waals surface area (Å²) in [6.45, 7) is 4.40. The molecule has 126 valence electrons. The highest BCUT2D eigenvalue weighted by Crippen LogP contribution is 2.21. The highest BCUT2D eigenvalue weighted by atomic mass is 16.6. The lowest BCUT2D eigenvalue weighted by Crippen LogP contribution is -2.47. The lowest BCUT2D eigenvalue weighted by molar-refractivity contribution is -0.384. The van der Waals surface area contributed by atoms with Gasteiger partial charge in [0.2, 0.25) is 11.8 Å². The number of aromatic nitrogens is 2. The summed E-state index contributed by atoms with van der Waals surface area (Å²) in [5.74, 6) is 0.373. The van der Waals surface area contributed by atoms with E-state index in [0.29, 0.717) is 5.95 Å². The van der Waals surface area contributed by atoms with Crippen molar-refractivity contribution in [1.82, 2.24) is 14.9 Å². The van der Waals surface area contributed by atoms with Crippen LogP contribution in [0.15, 0.2) is 36.5 Å². The molecule has 0 amide bonds. The van der Waals surface area contributed by atoms with Gasteiger partial charge in [-0.05, 0) is 12.0 Å². The van der Waals surface area contributed by atoms with Gasteiger partial charge in [0, 0.05) is 32.7 Å². The Balaban J connectivity index is 1.53. The molecule has 0 atom stereocenters. The van der Waals surface area contributed by atoms with Gasteiger partial charge < -0.3 is 10.6 Å². The van der Waals surface area contributed by atoms with E-state index in [1.54, 1.807) is 0 Å². The first kappa shape index (κ1) is 16.1. The third-order valence-electron chi connectivity index (χ3n) is 4.20. The molecule has 0 spiro atoms. The van der Waals surface area contributed by atoms with Crippen molar-refractivity contribution in [3.63, 3.8) is 0 Å². The average molecular weight is 328 g/mol. The summed E-state index contributed by atoms with van der Waals surface area (Å²) >= 11 is 0. The molecule has 0 aliphatic carbocycles. The number of anilines is 2. The summed E-state index contributed by atoms with van der Waals surface area (Å²) in [5.41, 5.74) is 6.73. The maximum absolute atomic E-state index is 10.8. The molecule has 1 aliphatic heterocycles. The number of benzene rings is 1. The third kappa shape index (κ3) is 3.77. The predicted molar refractivity (Wildman–Crippen MR) is 91.9 cm³/mol. The van der Waals surface area contributed by atoms with Gasteiger partial charge in [0.25, 0.3) is 0 Å². The molecule has 2 heterocycles. The van der Waals surface area contributed by atoms with Crippen LogP contribution in [0.1, 0.15) is 5.56 Å². The molecular formula is C16H20N6O2. The zero-order valence-electron chi connectivity index (χ0n) is 13.3. The molecule has 1 saturated heterocycles. The Morgan fingerprint density at radius 3 is 2.50 bits per heavy atom. The molecule has 0 bridgehead atoms. The summed E-state index contributed by atoms with van der Waals surface area (Å²) in [5, 5.41) is 10.8. The van der Waals surface area contributed by atoms with Crippen LogP contribution in [0.2, 0.25) is 0 Å². The monoisotopic (exact) mass is 328 g/mol. The van der Waals surface area contributed by atoms with Gasteiger partial charge in [-0.15, -0.1) is 0 Å². The fraction of sp³-hybridized carbons (Fsp3) is 0.375. The first-order valence-electron chi connectivity index (χ1n) is 7.91. The maximum atomic E-state index is 10.8. The van der Waals surface area contributed by atoms with Crippen molar-refractivity contribution in [2.45, 2.75) is 6.42 Å². The van der Waals surface area contributed by atoms with Gasteiger partial charge in [0.15, 0.2) is 0 Å². The molecule has 8 heteroatoms. The second-order valence-electron chi connectivity index (χ2n) is 5.76. The van der Waals surface area contributed by atoms with Gasteiger partial charge in [-0.2, -0.15) is 4.98 Å². The average Bonchev–Trinajstić information content (AvgIpc) is 2.61. The summed E-state index contributed by atoms with van der Waals surface area (Å²) in [4.78, 5) is 22.8. The summed E-state index contributed by atoms with van der Waals surface area (Å²) in [7, 11) is 0. The van der Waals surface area contributed by atoms with Gasteiger partial charge in [-0.3, -0.25) is 15.0 Å². The van der Waals surface area contributed by atoms with Crippen molar-refractivity contribution in [3.05, 3.63) is 52.2 Å². The fourth-order valence-corrected chi connectivity index (χ4v) is 2.78. The van der Waals surface area contributed by atoms with Gasteiger partial charge >= 0.3 is 5.69 Å². The Labute approximate surface area is 140 Å². The van der Waals surface area contributed by atoms with Crippen molar-refractivity contribution in [1.29, 1.82) is 0 Å². The molecule has 1 aromatic heterocycles. The van der Waals surface area contributed by atoms with Crippen LogP contribution in [0, 0.1) is 10.1 Å². The minimum Gasteiger partial charge on any atom is -0.378 e. The molecular weight excluding hydrogens is 308 g/mol. The van der Waals surface area contributed by atoms with Gasteiger partial charge in [-0.25, -0.2) is 4.98 Å². The van der Waals surface area contributed by atoms with E-state index in [0.717, 1.165) is 39.1 Å². The number of piperazine rings is 1. The Morgan fingerprint density at radius 2 is 1.88 bits per heavy atom. The van der Waals surface area contributed by atoms with Crippen molar-refractivity contribution >= 4 is 17.5 Å². The lowest BCUT2D eigenvalue weighted by atomic mass is 10.1. The van der Waals surface area contributed by atoms with E-state index in [9.17, 15) is 10.1 Å². The summed E-state index contributed by atoms with van der Waals surface area (Å²) < 4.78 is 0. The number of nitrogens with zero attached hydrogens (tertiary/aromatic N) is 5. The molecule has 1 aliphatic rings. The van der Waals surface area contributed by atoms with Crippen LogP contribution >= 0.6 is 0 Å². The summed E-state index contributed by atoms with van der Waals surface area (Å²) in [6, 6.07) is 10.4. The lowest BCUT2D eigenvalue weighted by Gasteiger charge is -2.34. The van der Waals surface area contributed by atoms with E-state index in [1.807, 2.05) is 11.0 Å². The number of nitrogens with two attached hydrogens (primary N) is 1. The second-order valence-corrected chi connectivity index (χ2v) is 5.76. The van der Waals surface area contributed by atoms with Crippen LogP contribution in [0.25, 0.3) is 0 Å². The van der Waals surface area contributed by atoms with E-state index in [2.05, 4.69) is 39.1 Å². The van der Waals surface area contributed by atoms with E-state index in [1.165, 1.54) is 11.8 Å². The van der Waals surface area contributed by atoms with Crippen molar-refractivity contribution in [2.75, 3.05) is 43.4 Å². The van der Waals surface area contributed by atoms with Gasteiger partial charge in [-0.1, -0.05) is 30.3 Å². The maximum Gasteiger partial charge on any atom is 0.329 e. The Kier molecular flexibility index (Phi) is 4.85. The van der Waals surface area contributed by atoms with Gasteiger partial charge in [0.1, 0.15) is 6.20 Å². The number of hydrogen-bond acceptors (Lipinski definition) is 7. The number of hydrogen-bond donors (Lipinski definition) is 1. The van der Waals surface area contributed by atoms with E-state index >= 15 is 0 Å². The third-order valence-corrected chi connectivity index (χ3v) is 4.20. The molecule has 2 N–H and O–H groups in total. The van der Waals surface area contributed by atoms with Crippen molar-refractivity contribution in [3.8, 4) is 0 Å². The standard InChI is InChI=1S/C16H20N6O2/c17-15-14(22(23)24)12-18-16(19-15)21-10-8-20(9-11-21)7-6-13-4-2-1-3-5-13/h1-5,12H,6-11H2,(H2,17,18,19). The van der Waals surface area contributed by atoms with Crippen LogP contribution < -0.4 is 10.6 Å². The number of nitrogen functional groups attached to an aromatic ring is 1. The zero-order valence-corrected chi connectivity index (χ0v) is 13.3. The highest BCUT2D eigenvalue weighted by molar-refractivity contribution is 5.53. The normalized spacial score (nSPS) is 15.4. The minimum absolute atomic E-state index is 0.0866. The molecule has 0 saturated carbocycles. The first-order valence-corrected chi connectivity index (χ1v) is 7.91. The Hall–Kier alpha value is -2.74. The number of nitro groups is 1.